The van der Waals surface area contributed by atoms with Gasteiger partial charge >= 0.3 is 0 Å². The molecule has 212 valence electrons. The first-order valence-electron chi connectivity index (χ1n) is 14.6. The summed E-state index contributed by atoms with van der Waals surface area (Å²) >= 11 is 0. The van der Waals surface area contributed by atoms with Crippen LogP contribution >= 0.6 is 0 Å². The fraction of sp³-hybridized carbons (Fsp3) is 0.706. The average molecular weight is 525 g/mol. The fourth-order valence-electron chi connectivity index (χ4n) is 7.09. The van der Waals surface area contributed by atoms with Crippen LogP contribution in [0.1, 0.15) is 108 Å². The van der Waals surface area contributed by atoms with E-state index in [9.17, 15) is 14.7 Å². The van der Waals surface area contributed by atoms with Gasteiger partial charge in [0, 0.05) is 23.3 Å². The minimum atomic E-state index is -1.14. The van der Waals surface area contributed by atoms with E-state index in [-0.39, 0.29) is 52.7 Å². The number of ether oxygens (including phenoxy) is 1. The van der Waals surface area contributed by atoms with Crippen LogP contribution < -0.4 is 0 Å². The van der Waals surface area contributed by atoms with Crippen LogP contribution in [-0.2, 0) is 14.3 Å². The Morgan fingerprint density at radius 3 is 2.11 bits per heavy atom. The molecule has 4 nitrogen and oxygen atoms in total. The zero-order valence-corrected chi connectivity index (χ0v) is 25.8. The summed E-state index contributed by atoms with van der Waals surface area (Å²) in [4.78, 5) is 28.3. The third kappa shape index (κ3) is 5.53. The Morgan fingerprint density at radius 2 is 1.61 bits per heavy atom. The lowest BCUT2D eigenvalue weighted by molar-refractivity contribution is -0.152. The molecule has 1 aliphatic heterocycles. The summed E-state index contributed by atoms with van der Waals surface area (Å²) in [6.45, 7) is 22.5. The maximum Gasteiger partial charge on any atom is 0.165 e. The number of aliphatic hydroxyl groups excluding tert-OH is 1. The summed E-state index contributed by atoms with van der Waals surface area (Å²) in [5.74, 6) is -0.513. The zero-order valence-electron chi connectivity index (χ0n) is 25.8. The van der Waals surface area contributed by atoms with E-state index >= 15 is 0 Å². The second kappa shape index (κ2) is 10.9. The average Bonchev–Trinajstić information content (AvgIpc) is 3.42. The minimum Gasteiger partial charge on any atom is -0.511 e. The van der Waals surface area contributed by atoms with Crippen molar-refractivity contribution in [3.05, 3.63) is 46.3 Å². The van der Waals surface area contributed by atoms with Crippen molar-refractivity contribution in [3.63, 3.8) is 0 Å². The van der Waals surface area contributed by atoms with Gasteiger partial charge in [0.05, 0.1) is 17.1 Å². The molecule has 0 aromatic carbocycles. The standard InChI is InChI=1S/C34H52O4/c1-20(2)13-12-14-23(7)15-16-24-19-25-26(31-33(10,11)38-31)34(29(24)36,18-17-21(3)4)30(37)27(32(25,8)9)28(35)22(5)6/h13,15,17,22,24-26,31,37H,12,14,16,18-19H2,1-11H3/b23-15+/t24-,25+,26+,31+,34+/m0/s1. The highest BCUT2D eigenvalue weighted by Gasteiger charge is 2.71. The van der Waals surface area contributed by atoms with E-state index in [0.717, 1.165) is 18.4 Å². The van der Waals surface area contributed by atoms with Gasteiger partial charge in [-0.15, -0.1) is 0 Å². The number of rotatable bonds is 10. The molecule has 0 aromatic heterocycles. The highest BCUT2D eigenvalue weighted by Crippen LogP contribution is 2.67. The number of fused-ring (bicyclic) bond motifs is 2. The molecular formula is C34H52O4. The Balaban J connectivity index is 2.16. The third-order valence-electron chi connectivity index (χ3n) is 9.41. The van der Waals surface area contributed by atoms with Gasteiger partial charge in [-0.1, -0.05) is 62.6 Å². The highest BCUT2D eigenvalue weighted by atomic mass is 16.6. The van der Waals surface area contributed by atoms with E-state index in [1.807, 2.05) is 27.7 Å². The molecule has 1 heterocycles. The number of Topliss-reactive ketones (excluding diaryl/α,β-unsaturated/α-hetero) is 2. The van der Waals surface area contributed by atoms with Gasteiger partial charge < -0.3 is 9.84 Å². The molecule has 4 heteroatoms. The molecular weight excluding hydrogens is 472 g/mol. The molecule has 1 N–H and O–H groups in total. The molecule has 0 unspecified atom stereocenters. The third-order valence-corrected chi connectivity index (χ3v) is 9.41. The van der Waals surface area contributed by atoms with Crippen LogP contribution in [0.3, 0.4) is 0 Å². The monoisotopic (exact) mass is 524 g/mol. The van der Waals surface area contributed by atoms with Gasteiger partial charge in [-0.3, -0.25) is 9.59 Å². The largest absolute Gasteiger partial charge is 0.511 e. The molecule has 0 aromatic rings. The molecule has 38 heavy (non-hydrogen) atoms. The molecule has 5 atom stereocenters. The van der Waals surface area contributed by atoms with Crippen LogP contribution in [0.25, 0.3) is 0 Å². The number of hydrogen-bond donors (Lipinski definition) is 1. The van der Waals surface area contributed by atoms with Crippen molar-refractivity contribution in [1.29, 1.82) is 0 Å². The van der Waals surface area contributed by atoms with Crippen molar-refractivity contribution in [2.24, 2.45) is 34.5 Å². The van der Waals surface area contributed by atoms with Gasteiger partial charge in [-0.05, 0) is 91.9 Å². The maximum absolute atomic E-state index is 14.7. The number of epoxide rings is 1. The predicted octanol–water partition coefficient (Wildman–Crippen LogP) is 8.49. The Bertz CT molecular complexity index is 1070. The number of aliphatic hydroxyl groups is 1. The summed E-state index contributed by atoms with van der Waals surface area (Å²) in [6, 6.07) is 0. The van der Waals surface area contributed by atoms with Crippen molar-refractivity contribution in [2.45, 2.75) is 120 Å². The summed E-state index contributed by atoms with van der Waals surface area (Å²) in [5.41, 5.74) is 2.14. The normalized spacial score (nSPS) is 31.8. The van der Waals surface area contributed by atoms with Gasteiger partial charge in [-0.2, -0.15) is 0 Å². The van der Waals surface area contributed by atoms with Gasteiger partial charge in [0.15, 0.2) is 11.6 Å². The number of ketones is 2. The molecule has 2 fully saturated rings. The van der Waals surface area contributed by atoms with Crippen LogP contribution in [0.15, 0.2) is 46.3 Å². The predicted molar refractivity (Wildman–Crippen MR) is 156 cm³/mol. The van der Waals surface area contributed by atoms with Crippen LogP contribution in [0, 0.1) is 34.5 Å². The molecule has 0 radical (unpaired) electrons. The first kappa shape index (κ1) is 30.6. The number of carbonyl (C=O) groups excluding carboxylic acids is 2. The second-order valence-electron chi connectivity index (χ2n) is 14.1. The molecule has 1 saturated carbocycles. The van der Waals surface area contributed by atoms with Crippen molar-refractivity contribution in [3.8, 4) is 0 Å². The summed E-state index contributed by atoms with van der Waals surface area (Å²) < 4.78 is 6.23. The first-order valence-corrected chi connectivity index (χ1v) is 14.6. The Kier molecular flexibility index (Phi) is 8.78. The van der Waals surface area contributed by atoms with Crippen molar-refractivity contribution >= 4 is 11.6 Å². The van der Waals surface area contributed by atoms with E-state index in [4.69, 9.17) is 4.74 Å². The van der Waals surface area contributed by atoms with Crippen LogP contribution in [-0.4, -0.2) is 28.4 Å². The van der Waals surface area contributed by atoms with Gasteiger partial charge in [0.2, 0.25) is 0 Å². The van der Waals surface area contributed by atoms with E-state index in [1.165, 1.54) is 11.1 Å². The number of hydrogen-bond acceptors (Lipinski definition) is 4. The fourth-order valence-corrected chi connectivity index (χ4v) is 7.09. The van der Waals surface area contributed by atoms with Crippen molar-refractivity contribution in [1.82, 2.24) is 0 Å². The van der Waals surface area contributed by atoms with E-state index in [0.29, 0.717) is 24.8 Å². The maximum atomic E-state index is 14.7. The van der Waals surface area contributed by atoms with Gasteiger partial charge in [-0.25, -0.2) is 0 Å². The lowest BCUT2D eigenvalue weighted by atomic mass is 9.43. The second-order valence-corrected chi connectivity index (χ2v) is 14.1. The first-order chi connectivity index (χ1) is 17.5. The molecule has 2 bridgehead atoms. The van der Waals surface area contributed by atoms with Crippen molar-refractivity contribution in [2.75, 3.05) is 0 Å². The topological polar surface area (TPSA) is 66.9 Å². The molecule has 2 aliphatic carbocycles. The Morgan fingerprint density at radius 1 is 1.03 bits per heavy atom. The van der Waals surface area contributed by atoms with Crippen LogP contribution in [0.4, 0.5) is 0 Å². The van der Waals surface area contributed by atoms with E-state index in [2.05, 4.69) is 66.7 Å². The molecule has 1 saturated heterocycles. The minimum absolute atomic E-state index is 0.0187. The number of allylic oxidation sites excluding steroid dienone is 8. The Labute approximate surface area is 231 Å². The smallest absolute Gasteiger partial charge is 0.165 e. The van der Waals surface area contributed by atoms with E-state index in [1.54, 1.807) is 0 Å². The quantitative estimate of drug-likeness (QED) is 0.230. The molecule has 0 amide bonds. The molecule has 3 aliphatic rings. The van der Waals surface area contributed by atoms with Crippen LogP contribution in [0.2, 0.25) is 0 Å². The zero-order chi connectivity index (χ0) is 28.8. The van der Waals surface area contributed by atoms with Crippen molar-refractivity contribution < 1.29 is 19.4 Å². The highest BCUT2D eigenvalue weighted by molar-refractivity contribution is 6.02. The van der Waals surface area contributed by atoms with E-state index < -0.39 is 10.8 Å². The lowest BCUT2D eigenvalue weighted by Crippen LogP contribution is -2.61. The van der Waals surface area contributed by atoms with Gasteiger partial charge in [0.25, 0.3) is 0 Å². The van der Waals surface area contributed by atoms with Crippen LogP contribution in [0.5, 0.6) is 0 Å². The number of carbonyl (C=O) groups is 2. The SMILES string of the molecule is CC(C)=CCC/C(C)=C/C[C@H]1C[C@@H]2[C@H]([C@H]3OC3(C)C)[C@](CC=C(C)C)(C1=O)C(O)=C(C(=O)C(C)C)C2(C)C. The molecule has 3 rings (SSSR count). The summed E-state index contributed by atoms with van der Waals surface area (Å²) in [6.07, 6.45) is 10.2. The van der Waals surface area contributed by atoms with Gasteiger partial charge in [0.1, 0.15) is 5.76 Å². The Hall–Kier alpha value is -1.94. The summed E-state index contributed by atoms with van der Waals surface area (Å²) in [7, 11) is 0. The molecule has 0 spiro atoms. The summed E-state index contributed by atoms with van der Waals surface area (Å²) in [5, 5.41) is 12.2. The lowest BCUT2D eigenvalue weighted by Gasteiger charge is -2.58.